The maximum absolute atomic E-state index is 4.35. The second-order valence-corrected chi connectivity index (χ2v) is 5.82. The maximum Gasteiger partial charge on any atom is 0.203 e. The summed E-state index contributed by atoms with van der Waals surface area (Å²) >= 11 is 4.35. The van der Waals surface area contributed by atoms with Gasteiger partial charge in [-0.15, -0.1) is 0 Å². The van der Waals surface area contributed by atoms with E-state index in [0.717, 1.165) is 5.95 Å². The Morgan fingerprint density at radius 2 is 2.29 bits per heavy atom. The summed E-state index contributed by atoms with van der Waals surface area (Å²) in [6.07, 6.45) is 4.42. The fourth-order valence-corrected chi connectivity index (χ4v) is 3.02. The summed E-state index contributed by atoms with van der Waals surface area (Å²) in [5.74, 6) is 3.56. The van der Waals surface area contributed by atoms with Gasteiger partial charge in [-0.1, -0.05) is 0 Å². The van der Waals surface area contributed by atoms with Crippen LogP contribution in [0.2, 0.25) is 0 Å². The lowest BCUT2D eigenvalue weighted by Gasteiger charge is -2.22. The standard InChI is InChI=1S/C9H14IN3S/c1-13-8(10)6-11-9(13)12-7-2-4-14-5-3-7/h6-7H,2-5H2,1H3,(H,11,12). The minimum atomic E-state index is 0.619. The molecule has 0 unspecified atom stereocenters. The topological polar surface area (TPSA) is 29.9 Å². The molecule has 0 aliphatic carbocycles. The van der Waals surface area contributed by atoms with Gasteiger partial charge in [0.05, 0.1) is 6.20 Å². The molecule has 1 saturated heterocycles. The number of thioether (sulfide) groups is 1. The summed E-state index contributed by atoms with van der Waals surface area (Å²) in [6.45, 7) is 0. The minimum absolute atomic E-state index is 0.619. The number of hydrogen-bond donors (Lipinski definition) is 1. The molecule has 1 aromatic heterocycles. The molecule has 14 heavy (non-hydrogen) atoms. The van der Waals surface area contributed by atoms with Crippen molar-refractivity contribution >= 4 is 40.3 Å². The van der Waals surface area contributed by atoms with Crippen LogP contribution in [0.5, 0.6) is 0 Å². The zero-order chi connectivity index (χ0) is 9.97. The molecule has 3 nitrogen and oxygen atoms in total. The summed E-state index contributed by atoms with van der Waals surface area (Å²) in [6, 6.07) is 0.619. The number of nitrogens with zero attached hydrogens (tertiary/aromatic N) is 2. The Morgan fingerprint density at radius 3 is 2.86 bits per heavy atom. The lowest BCUT2D eigenvalue weighted by Crippen LogP contribution is -2.26. The van der Waals surface area contributed by atoms with Gasteiger partial charge in [0.1, 0.15) is 3.70 Å². The van der Waals surface area contributed by atoms with Crippen molar-refractivity contribution in [3.8, 4) is 0 Å². The van der Waals surface area contributed by atoms with Crippen molar-refractivity contribution < 1.29 is 0 Å². The van der Waals surface area contributed by atoms with Crippen LogP contribution in [0.4, 0.5) is 5.95 Å². The normalized spacial score (nSPS) is 18.4. The third kappa shape index (κ3) is 2.36. The number of rotatable bonds is 2. The number of anilines is 1. The van der Waals surface area contributed by atoms with Crippen molar-refractivity contribution in [1.29, 1.82) is 0 Å². The van der Waals surface area contributed by atoms with Crippen molar-refractivity contribution in [3.63, 3.8) is 0 Å². The average molecular weight is 323 g/mol. The summed E-state index contributed by atoms with van der Waals surface area (Å²) in [7, 11) is 2.05. The summed E-state index contributed by atoms with van der Waals surface area (Å²) in [4.78, 5) is 4.35. The molecular weight excluding hydrogens is 309 g/mol. The third-order valence-corrected chi connectivity index (χ3v) is 4.54. The molecule has 78 valence electrons. The first-order chi connectivity index (χ1) is 6.77. The monoisotopic (exact) mass is 323 g/mol. The highest BCUT2D eigenvalue weighted by atomic mass is 127. The van der Waals surface area contributed by atoms with E-state index in [4.69, 9.17) is 0 Å². The van der Waals surface area contributed by atoms with Crippen molar-refractivity contribution in [2.75, 3.05) is 16.8 Å². The number of hydrogen-bond acceptors (Lipinski definition) is 3. The average Bonchev–Trinajstić information content (AvgIpc) is 2.52. The molecule has 0 bridgehead atoms. The fourth-order valence-electron chi connectivity index (χ4n) is 1.55. The predicted molar refractivity (Wildman–Crippen MR) is 69.9 cm³/mol. The first kappa shape index (κ1) is 10.6. The van der Waals surface area contributed by atoms with E-state index in [-0.39, 0.29) is 0 Å². The van der Waals surface area contributed by atoms with E-state index in [1.165, 1.54) is 28.0 Å². The number of halogens is 1. The number of imidazole rings is 1. The van der Waals surface area contributed by atoms with Crippen LogP contribution in [0, 0.1) is 3.70 Å². The van der Waals surface area contributed by atoms with Crippen molar-refractivity contribution in [2.45, 2.75) is 18.9 Å². The molecule has 2 rings (SSSR count). The lowest BCUT2D eigenvalue weighted by atomic mass is 10.2. The number of nitrogens with one attached hydrogen (secondary N) is 1. The molecule has 1 aliphatic heterocycles. The van der Waals surface area contributed by atoms with Crippen molar-refractivity contribution in [2.24, 2.45) is 7.05 Å². The third-order valence-electron chi connectivity index (χ3n) is 2.49. The van der Waals surface area contributed by atoms with E-state index >= 15 is 0 Å². The van der Waals surface area contributed by atoms with Crippen LogP contribution in [-0.4, -0.2) is 27.1 Å². The predicted octanol–water partition coefficient (Wildman–Crippen LogP) is 2.33. The van der Waals surface area contributed by atoms with E-state index in [1.807, 2.05) is 18.0 Å². The van der Waals surface area contributed by atoms with Crippen LogP contribution in [0.3, 0.4) is 0 Å². The molecule has 0 atom stereocenters. The van der Waals surface area contributed by atoms with Crippen LogP contribution < -0.4 is 5.32 Å². The van der Waals surface area contributed by atoms with Gasteiger partial charge in [0, 0.05) is 13.1 Å². The van der Waals surface area contributed by atoms with E-state index in [1.54, 1.807) is 0 Å². The van der Waals surface area contributed by atoms with Gasteiger partial charge in [0.15, 0.2) is 0 Å². The zero-order valence-corrected chi connectivity index (χ0v) is 11.1. The highest BCUT2D eigenvalue weighted by Crippen LogP contribution is 2.20. The molecule has 1 aliphatic rings. The van der Waals surface area contributed by atoms with Gasteiger partial charge < -0.3 is 9.88 Å². The van der Waals surface area contributed by atoms with Gasteiger partial charge >= 0.3 is 0 Å². The highest BCUT2D eigenvalue weighted by Gasteiger charge is 2.15. The van der Waals surface area contributed by atoms with E-state index in [2.05, 4.69) is 44.5 Å². The second kappa shape index (κ2) is 4.74. The molecule has 0 amide bonds. The van der Waals surface area contributed by atoms with Crippen LogP contribution in [0.15, 0.2) is 6.20 Å². The molecule has 0 spiro atoms. The van der Waals surface area contributed by atoms with Crippen LogP contribution in [0.1, 0.15) is 12.8 Å². The first-order valence-electron chi connectivity index (χ1n) is 4.79. The quantitative estimate of drug-likeness (QED) is 0.847. The molecule has 2 heterocycles. The van der Waals surface area contributed by atoms with Crippen LogP contribution in [0.25, 0.3) is 0 Å². The molecule has 0 radical (unpaired) electrons. The van der Waals surface area contributed by atoms with Crippen LogP contribution in [-0.2, 0) is 7.05 Å². The van der Waals surface area contributed by atoms with E-state index in [9.17, 15) is 0 Å². The molecular formula is C9H14IN3S. The Labute approximate surface area is 102 Å². The zero-order valence-electron chi connectivity index (χ0n) is 8.16. The fraction of sp³-hybridized carbons (Fsp3) is 0.667. The summed E-state index contributed by atoms with van der Waals surface area (Å²) < 4.78 is 3.28. The SMILES string of the molecule is Cn1c(I)cnc1NC1CCSCC1. The summed E-state index contributed by atoms with van der Waals surface area (Å²) in [5.41, 5.74) is 0. The molecule has 0 saturated carbocycles. The highest BCUT2D eigenvalue weighted by molar-refractivity contribution is 14.1. The Morgan fingerprint density at radius 1 is 1.57 bits per heavy atom. The second-order valence-electron chi connectivity index (χ2n) is 3.49. The molecule has 5 heteroatoms. The minimum Gasteiger partial charge on any atom is -0.353 e. The molecule has 0 aromatic carbocycles. The Balaban J connectivity index is 1.99. The molecule has 1 N–H and O–H groups in total. The van der Waals surface area contributed by atoms with Gasteiger partial charge in [0.25, 0.3) is 0 Å². The number of aromatic nitrogens is 2. The van der Waals surface area contributed by atoms with Crippen LogP contribution >= 0.6 is 34.4 Å². The first-order valence-corrected chi connectivity index (χ1v) is 7.02. The van der Waals surface area contributed by atoms with Crippen molar-refractivity contribution in [1.82, 2.24) is 9.55 Å². The Bertz CT molecular complexity index is 307. The largest absolute Gasteiger partial charge is 0.353 e. The van der Waals surface area contributed by atoms with Gasteiger partial charge in [0.2, 0.25) is 5.95 Å². The summed E-state index contributed by atoms with van der Waals surface area (Å²) in [5, 5.41) is 3.50. The Kier molecular flexibility index (Phi) is 3.59. The van der Waals surface area contributed by atoms with Gasteiger partial charge in [-0.3, -0.25) is 0 Å². The smallest absolute Gasteiger partial charge is 0.203 e. The van der Waals surface area contributed by atoms with Gasteiger partial charge in [-0.05, 0) is 46.9 Å². The molecule has 1 fully saturated rings. The van der Waals surface area contributed by atoms with Gasteiger partial charge in [-0.25, -0.2) is 4.98 Å². The van der Waals surface area contributed by atoms with Crippen molar-refractivity contribution in [3.05, 3.63) is 9.90 Å². The Hall–Kier alpha value is 0.0900. The maximum atomic E-state index is 4.35. The van der Waals surface area contributed by atoms with E-state index in [0.29, 0.717) is 6.04 Å². The van der Waals surface area contributed by atoms with Gasteiger partial charge in [-0.2, -0.15) is 11.8 Å². The lowest BCUT2D eigenvalue weighted by molar-refractivity contribution is 0.653. The molecule has 1 aromatic rings. The van der Waals surface area contributed by atoms with E-state index < -0.39 is 0 Å².